The number of hydrogen-bond donors (Lipinski definition) is 2. The Hall–Kier alpha value is -1.95. The summed E-state index contributed by atoms with van der Waals surface area (Å²) in [6.07, 6.45) is -4.33. The number of primary sulfonamides is 1. The van der Waals surface area contributed by atoms with Gasteiger partial charge in [0.1, 0.15) is 17.6 Å². The third-order valence-corrected chi connectivity index (χ3v) is 2.85. The first kappa shape index (κ1) is 16.1. The van der Waals surface area contributed by atoms with E-state index in [0.29, 0.717) is 12.3 Å². The van der Waals surface area contributed by atoms with Crippen LogP contribution in [0.4, 0.5) is 24.5 Å². The van der Waals surface area contributed by atoms with Crippen LogP contribution in [0.1, 0.15) is 5.69 Å². The lowest BCUT2D eigenvalue weighted by molar-refractivity contribution is -0.384. The molecular formula is C8H9F3N4O4S. The lowest BCUT2D eigenvalue weighted by Gasteiger charge is -2.10. The molecule has 0 atom stereocenters. The van der Waals surface area contributed by atoms with Crippen molar-refractivity contribution in [3.63, 3.8) is 0 Å². The monoisotopic (exact) mass is 314 g/mol. The van der Waals surface area contributed by atoms with Crippen molar-refractivity contribution in [2.45, 2.75) is 6.18 Å². The number of nitrogens with zero attached hydrogens (tertiary/aromatic N) is 2. The van der Waals surface area contributed by atoms with Crippen molar-refractivity contribution in [2.75, 3.05) is 17.6 Å². The average Bonchev–Trinajstić information content (AvgIpc) is 2.25. The van der Waals surface area contributed by atoms with Gasteiger partial charge in [-0.05, 0) is 6.07 Å². The predicted molar refractivity (Wildman–Crippen MR) is 62.4 cm³/mol. The molecule has 0 fully saturated rings. The zero-order valence-corrected chi connectivity index (χ0v) is 10.5. The van der Waals surface area contributed by atoms with Gasteiger partial charge in [0, 0.05) is 6.54 Å². The average molecular weight is 314 g/mol. The van der Waals surface area contributed by atoms with E-state index < -0.39 is 43.9 Å². The van der Waals surface area contributed by atoms with Crippen LogP contribution in [0.25, 0.3) is 0 Å². The minimum atomic E-state index is -4.77. The van der Waals surface area contributed by atoms with Crippen molar-refractivity contribution in [1.82, 2.24) is 4.98 Å². The number of nitro groups is 1. The Morgan fingerprint density at radius 2 is 2.05 bits per heavy atom. The van der Waals surface area contributed by atoms with Crippen LogP contribution in [-0.2, 0) is 16.2 Å². The van der Waals surface area contributed by atoms with Crippen molar-refractivity contribution in [3.8, 4) is 0 Å². The maximum absolute atomic E-state index is 12.4. The van der Waals surface area contributed by atoms with Gasteiger partial charge < -0.3 is 5.32 Å². The second kappa shape index (κ2) is 5.58. The van der Waals surface area contributed by atoms with Gasteiger partial charge in [-0.15, -0.1) is 0 Å². The Morgan fingerprint density at radius 3 is 2.50 bits per heavy atom. The second-order valence-corrected chi connectivity index (χ2v) is 5.37. The normalized spacial score (nSPS) is 12.2. The first-order valence-corrected chi connectivity index (χ1v) is 6.68. The fourth-order valence-corrected chi connectivity index (χ4v) is 1.60. The van der Waals surface area contributed by atoms with Crippen LogP contribution < -0.4 is 10.5 Å². The van der Waals surface area contributed by atoms with Crippen LogP contribution in [-0.4, -0.2) is 30.6 Å². The van der Waals surface area contributed by atoms with E-state index in [0.717, 1.165) is 0 Å². The lowest BCUT2D eigenvalue weighted by Crippen LogP contribution is -2.22. The van der Waals surface area contributed by atoms with Crippen molar-refractivity contribution in [2.24, 2.45) is 5.14 Å². The maximum Gasteiger partial charge on any atom is 0.433 e. The molecule has 0 aliphatic heterocycles. The zero-order chi connectivity index (χ0) is 15.6. The highest BCUT2D eigenvalue weighted by atomic mass is 32.2. The molecule has 0 saturated heterocycles. The van der Waals surface area contributed by atoms with Crippen molar-refractivity contribution in [1.29, 1.82) is 0 Å². The molecule has 0 amide bonds. The highest BCUT2D eigenvalue weighted by molar-refractivity contribution is 7.89. The van der Waals surface area contributed by atoms with Crippen molar-refractivity contribution >= 4 is 21.4 Å². The molecule has 112 valence electrons. The first-order valence-electron chi connectivity index (χ1n) is 4.96. The number of nitrogens with two attached hydrogens (primary N) is 1. The van der Waals surface area contributed by atoms with Crippen LogP contribution in [0.15, 0.2) is 12.3 Å². The molecular weight excluding hydrogens is 305 g/mol. The Bertz CT molecular complexity index is 617. The van der Waals surface area contributed by atoms with Crippen molar-refractivity contribution in [3.05, 3.63) is 28.1 Å². The van der Waals surface area contributed by atoms with Gasteiger partial charge in [0.25, 0.3) is 0 Å². The Kier molecular flexibility index (Phi) is 4.50. The number of aromatic nitrogens is 1. The molecule has 1 aromatic heterocycles. The number of sulfonamides is 1. The predicted octanol–water partition coefficient (Wildman–Crippen LogP) is 0.709. The van der Waals surface area contributed by atoms with Gasteiger partial charge >= 0.3 is 11.9 Å². The zero-order valence-electron chi connectivity index (χ0n) is 9.72. The number of anilines is 1. The van der Waals surface area contributed by atoms with E-state index in [1.54, 1.807) is 0 Å². The van der Waals surface area contributed by atoms with E-state index in [2.05, 4.69) is 10.3 Å². The van der Waals surface area contributed by atoms with Gasteiger partial charge in [0.15, 0.2) is 0 Å². The van der Waals surface area contributed by atoms with Crippen LogP contribution in [0.5, 0.6) is 0 Å². The van der Waals surface area contributed by atoms with Crippen LogP contribution in [0.2, 0.25) is 0 Å². The molecule has 20 heavy (non-hydrogen) atoms. The Balaban J connectivity index is 3.04. The molecule has 0 spiro atoms. The molecule has 0 aliphatic carbocycles. The van der Waals surface area contributed by atoms with Gasteiger partial charge in [0.2, 0.25) is 10.0 Å². The van der Waals surface area contributed by atoms with E-state index in [1.807, 2.05) is 0 Å². The van der Waals surface area contributed by atoms with E-state index in [-0.39, 0.29) is 6.54 Å². The number of hydrogen-bond acceptors (Lipinski definition) is 6. The smallest absolute Gasteiger partial charge is 0.378 e. The summed E-state index contributed by atoms with van der Waals surface area (Å²) < 4.78 is 58.7. The molecule has 0 unspecified atom stereocenters. The van der Waals surface area contributed by atoms with E-state index >= 15 is 0 Å². The number of halogens is 3. The van der Waals surface area contributed by atoms with Crippen LogP contribution in [0.3, 0.4) is 0 Å². The van der Waals surface area contributed by atoms with Gasteiger partial charge in [-0.2, -0.15) is 13.2 Å². The summed E-state index contributed by atoms with van der Waals surface area (Å²) in [5, 5.41) is 17.6. The van der Waals surface area contributed by atoms with Crippen LogP contribution >= 0.6 is 0 Å². The summed E-state index contributed by atoms with van der Waals surface area (Å²) in [5.41, 5.74) is -2.52. The Labute approximate surface area is 111 Å². The summed E-state index contributed by atoms with van der Waals surface area (Å²) >= 11 is 0. The summed E-state index contributed by atoms with van der Waals surface area (Å²) in [6.45, 7) is -0.374. The molecule has 0 bridgehead atoms. The first-order chi connectivity index (χ1) is 9.00. The maximum atomic E-state index is 12.4. The summed E-state index contributed by atoms with van der Waals surface area (Å²) in [7, 11) is -3.84. The highest BCUT2D eigenvalue weighted by Gasteiger charge is 2.34. The van der Waals surface area contributed by atoms with E-state index in [9.17, 15) is 31.7 Å². The third kappa shape index (κ3) is 4.62. The van der Waals surface area contributed by atoms with Gasteiger partial charge in [-0.25, -0.2) is 18.5 Å². The molecule has 0 saturated carbocycles. The number of pyridine rings is 1. The summed E-state index contributed by atoms with van der Waals surface area (Å²) in [4.78, 5) is 12.6. The fraction of sp³-hybridized carbons (Fsp3) is 0.375. The van der Waals surface area contributed by atoms with Gasteiger partial charge in [-0.3, -0.25) is 10.1 Å². The number of nitrogens with one attached hydrogen (secondary N) is 1. The molecule has 8 nitrogen and oxygen atoms in total. The van der Waals surface area contributed by atoms with Gasteiger partial charge in [-0.1, -0.05) is 0 Å². The largest absolute Gasteiger partial charge is 0.433 e. The number of alkyl halides is 3. The lowest BCUT2D eigenvalue weighted by atomic mass is 10.2. The molecule has 1 rings (SSSR count). The third-order valence-electron chi connectivity index (χ3n) is 2.07. The minimum Gasteiger partial charge on any atom is -0.378 e. The minimum absolute atomic E-state index is 0.374. The fourth-order valence-electron chi connectivity index (χ4n) is 1.22. The topological polar surface area (TPSA) is 128 Å². The molecule has 1 aromatic rings. The van der Waals surface area contributed by atoms with Crippen LogP contribution in [0, 0.1) is 10.1 Å². The molecule has 12 heteroatoms. The highest BCUT2D eigenvalue weighted by Crippen LogP contribution is 2.32. The molecule has 0 aliphatic rings. The molecule has 1 heterocycles. The van der Waals surface area contributed by atoms with Gasteiger partial charge in [0.05, 0.1) is 10.7 Å². The summed E-state index contributed by atoms with van der Waals surface area (Å²) in [6, 6.07) is 0.432. The second-order valence-electron chi connectivity index (χ2n) is 3.64. The van der Waals surface area contributed by atoms with E-state index in [4.69, 9.17) is 5.14 Å². The summed E-state index contributed by atoms with van der Waals surface area (Å²) in [5.74, 6) is -0.589. The molecule has 0 radical (unpaired) electrons. The Morgan fingerprint density at radius 1 is 1.45 bits per heavy atom. The van der Waals surface area contributed by atoms with E-state index in [1.165, 1.54) is 0 Å². The van der Waals surface area contributed by atoms with Crippen molar-refractivity contribution < 1.29 is 26.5 Å². The number of rotatable bonds is 5. The standard InChI is InChI=1S/C8H9F3N4O4S/c9-8(10,11)7-3-5(6(4-14-7)15(16)17)13-1-2-20(12,18)19/h3-4H,1-2H2,(H,13,14)(H2,12,18,19). The molecule has 0 aromatic carbocycles. The SMILES string of the molecule is NS(=O)(=O)CCNc1cc(C(F)(F)F)ncc1[N+](=O)[O-]. The quantitative estimate of drug-likeness (QED) is 0.608. The molecule has 3 N–H and O–H groups in total.